The van der Waals surface area contributed by atoms with Gasteiger partial charge in [-0.15, -0.1) is 0 Å². The van der Waals surface area contributed by atoms with E-state index in [9.17, 15) is 10.1 Å². The fourth-order valence-corrected chi connectivity index (χ4v) is 2.57. The van der Waals surface area contributed by atoms with Gasteiger partial charge in [-0.1, -0.05) is 6.07 Å². The van der Waals surface area contributed by atoms with Crippen LogP contribution >= 0.6 is 0 Å². The van der Waals surface area contributed by atoms with Crippen LogP contribution < -0.4 is 14.2 Å². The Morgan fingerprint density at radius 2 is 1.59 bits per heavy atom. The molecule has 27 heavy (non-hydrogen) atoms. The monoisotopic (exact) mass is 367 g/mol. The van der Waals surface area contributed by atoms with E-state index >= 15 is 0 Å². The normalized spacial score (nSPS) is 11.1. The third kappa shape index (κ3) is 4.59. The van der Waals surface area contributed by atoms with E-state index in [2.05, 4.69) is 6.07 Å². The first kappa shape index (κ1) is 19.9. The number of rotatable bonds is 6. The second kappa shape index (κ2) is 8.77. The summed E-state index contributed by atoms with van der Waals surface area (Å²) in [6, 6.07) is 12.6. The van der Waals surface area contributed by atoms with Crippen molar-refractivity contribution < 1.29 is 23.7 Å². The molecule has 0 aromatic heterocycles. The number of carbonyl (C=O) groups excluding carboxylic acids is 1. The van der Waals surface area contributed by atoms with E-state index in [0.29, 0.717) is 28.4 Å². The molecule has 0 radical (unpaired) electrons. The van der Waals surface area contributed by atoms with Crippen LogP contribution in [0.2, 0.25) is 0 Å². The Bertz CT molecular complexity index is 902. The zero-order valence-electron chi connectivity index (χ0n) is 16.0. The number of esters is 1. The predicted octanol–water partition coefficient (Wildman–Crippen LogP) is 3.98. The highest BCUT2D eigenvalue weighted by Gasteiger charge is 2.20. The van der Waals surface area contributed by atoms with Crippen molar-refractivity contribution in [2.45, 2.75) is 13.8 Å². The largest absolute Gasteiger partial charge is 0.497 e. The zero-order valence-corrected chi connectivity index (χ0v) is 16.0. The molecule has 2 rings (SSSR count). The number of methoxy groups -OCH3 is 3. The number of benzene rings is 2. The minimum atomic E-state index is -0.546. The highest BCUT2D eigenvalue weighted by atomic mass is 16.5. The highest BCUT2D eigenvalue weighted by molar-refractivity contribution is 5.98. The molecule has 6 nitrogen and oxygen atoms in total. The van der Waals surface area contributed by atoms with Gasteiger partial charge in [-0.25, -0.2) is 0 Å². The molecular formula is C21H21NO5. The summed E-state index contributed by atoms with van der Waals surface area (Å²) in [5.41, 5.74) is 2.12. The Balaban J connectivity index is 2.80. The summed E-state index contributed by atoms with van der Waals surface area (Å²) >= 11 is 0. The molecule has 0 atom stereocenters. The second-order valence-electron chi connectivity index (χ2n) is 5.71. The van der Waals surface area contributed by atoms with E-state index in [1.807, 2.05) is 13.0 Å². The molecule has 0 spiro atoms. The van der Waals surface area contributed by atoms with Crippen LogP contribution in [0.3, 0.4) is 0 Å². The molecule has 0 aliphatic heterocycles. The quantitative estimate of drug-likeness (QED) is 0.333. The molecule has 0 unspecified atom stereocenters. The first-order valence-corrected chi connectivity index (χ1v) is 8.14. The van der Waals surface area contributed by atoms with Gasteiger partial charge >= 0.3 is 5.97 Å². The molecule has 0 aliphatic carbocycles. The molecular weight excluding hydrogens is 346 g/mol. The maximum atomic E-state index is 11.7. The van der Waals surface area contributed by atoms with Gasteiger partial charge in [-0.3, -0.25) is 4.79 Å². The molecule has 0 heterocycles. The lowest BCUT2D eigenvalue weighted by molar-refractivity contribution is -0.134. The van der Waals surface area contributed by atoms with Crippen LogP contribution in [0.4, 0.5) is 0 Å². The molecule has 0 fully saturated rings. The lowest BCUT2D eigenvalue weighted by Crippen LogP contribution is -2.04. The minimum Gasteiger partial charge on any atom is -0.497 e. The van der Waals surface area contributed by atoms with Crippen LogP contribution in [0.25, 0.3) is 11.3 Å². The predicted molar refractivity (Wildman–Crippen MR) is 101 cm³/mol. The summed E-state index contributed by atoms with van der Waals surface area (Å²) in [6.45, 7) is 3.20. The fourth-order valence-electron chi connectivity index (χ4n) is 2.57. The van der Waals surface area contributed by atoms with Crippen molar-refractivity contribution in [2.75, 3.05) is 21.3 Å². The Morgan fingerprint density at radius 1 is 0.963 bits per heavy atom. The lowest BCUT2D eigenvalue weighted by atomic mass is 10.00. The number of hydrogen-bond donors (Lipinski definition) is 0. The second-order valence-corrected chi connectivity index (χ2v) is 5.71. The van der Waals surface area contributed by atoms with Crippen LogP contribution in [0.1, 0.15) is 23.6 Å². The maximum absolute atomic E-state index is 11.7. The Hall–Kier alpha value is -3.46. The van der Waals surface area contributed by atoms with E-state index in [4.69, 9.17) is 18.9 Å². The third-order valence-electron chi connectivity index (χ3n) is 3.83. The summed E-state index contributed by atoms with van der Waals surface area (Å²) in [6.07, 6.45) is 0. The number of carbonyl (C=O) groups is 1. The van der Waals surface area contributed by atoms with Crippen molar-refractivity contribution in [3.05, 3.63) is 53.1 Å². The van der Waals surface area contributed by atoms with Crippen molar-refractivity contribution in [1.82, 2.24) is 0 Å². The first-order chi connectivity index (χ1) is 12.9. The molecule has 2 aromatic rings. The van der Waals surface area contributed by atoms with Crippen LogP contribution in [0.5, 0.6) is 17.2 Å². The number of nitrogens with zero attached hydrogens (tertiary/aromatic N) is 1. The molecule has 0 saturated carbocycles. The van der Waals surface area contributed by atoms with Crippen LogP contribution in [0, 0.1) is 18.3 Å². The zero-order chi connectivity index (χ0) is 20.0. The van der Waals surface area contributed by atoms with E-state index in [1.165, 1.54) is 28.3 Å². The highest BCUT2D eigenvalue weighted by Crippen LogP contribution is 2.36. The first-order valence-electron chi connectivity index (χ1n) is 8.14. The van der Waals surface area contributed by atoms with E-state index in [0.717, 1.165) is 5.56 Å². The number of aryl methyl sites for hydroxylation is 1. The van der Waals surface area contributed by atoms with E-state index < -0.39 is 5.97 Å². The van der Waals surface area contributed by atoms with Crippen LogP contribution in [-0.4, -0.2) is 27.3 Å². The number of ether oxygens (including phenoxy) is 4. The van der Waals surface area contributed by atoms with Crippen molar-refractivity contribution in [3.8, 4) is 23.3 Å². The van der Waals surface area contributed by atoms with E-state index in [-0.39, 0.29) is 11.3 Å². The minimum absolute atomic E-state index is 0.108. The summed E-state index contributed by atoms with van der Waals surface area (Å²) in [4.78, 5) is 11.7. The topological polar surface area (TPSA) is 77.8 Å². The third-order valence-corrected chi connectivity index (χ3v) is 3.83. The van der Waals surface area contributed by atoms with Gasteiger partial charge in [0.15, 0.2) is 5.76 Å². The van der Waals surface area contributed by atoms with Gasteiger partial charge in [0.05, 0.1) is 26.9 Å². The van der Waals surface area contributed by atoms with Crippen LogP contribution in [0.15, 0.2) is 36.4 Å². The molecule has 0 amide bonds. The number of nitriles is 1. The van der Waals surface area contributed by atoms with Crippen LogP contribution in [-0.2, 0) is 9.53 Å². The summed E-state index contributed by atoms with van der Waals surface area (Å²) < 4.78 is 21.4. The Kier molecular flexibility index (Phi) is 6.45. The number of allylic oxidation sites excluding steroid dienone is 1. The summed E-state index contributed by atoms with van der Waals surface area (Å²) in [5.74, 6) is 1.08. The average molecular weight is 367 g/mol. The van der Waals surface area contributed by atoms with Crippen molar-refractivity contribution in [2.24, 2.45) is 0 Å². The molecule has 0 saturated heterocycles. The van der Waals surface area contributed by atoms with Crippen molar-refractivity contribution in [1.29, 1.82) is 5.26 Å². The van der Waals surface area contributed by atoms with Crippen molar-refractivity contribution in [3.63, 3.8) is 0 Å². The smallest absolute Gasteiger partial charge is 0.308 e. The van der Waals surface area contributed by atoms with Gasteiger partial charge in [-0.05, 0) is 36.8 Å². The van der Waals surface area contributed by atoms with E-state index in [1.54, 1.807) is 30.3 Å². The molecule has 6 heteroatoms. The van der Waals surface area contributed by atoms with Gasteiger partial charge in [0.25, 0.3) is 0 Å². The number of hydrogen-bond acceptors (Lipinski definition) is 6. The fraction of sp³-hybridized carbons (Fsp3) is 0.238. The molecule has 0 N–H and O–H groups in total. The molecule has 0 bridgehead atoms. The maximum Gasteiger partial charge on any atom is 0.308 e. The van der Waals surface area contributed by atoms with Gasteiger partial charge in [0.2, 0.25) is 0 Å². The molecule has 140 valence electrons. The summed E-state index contributed by atoms with van der Waals surface area (Å²) in [5, 5.41) is 9.85. The van der Waals surface area contributed by atoms with Gasteiger partial charge in [0.1, 0.15) is 28.9 Å². The lowest BCUT2D eigenvalue weighted by Gasteiger charge is -2.15. The van der Waals surface area contributed by atoms with Gasteiger partial charge in [-0.2, -0.15) is 5.26 Å². The van der Waals surface area contributed by atoms with Gasteiger partial charge < -0.3 is 18.9 Å². The Morgan fingerprint density at radius 3 is 2.07 bits per heavy atom. The summed E-state index contributed by atoms with van der Waals surface area (Å²) in [7, 11) is 4.55. The van der Waals surface area contributed by atoms with Gasteiger partial charge in [0, 0.05) is 18.6 Å². The molecule has 2 aromatic carbocycles. The van der Waals surface area contributed by atoms with Crippen molar-refractivity contribution >= 4 is 17.3 Å². The molecule has 0 aliphatic rings. The average Bonchev–Trinajstić information content (AvgIpc) is 2.67. The Labute approximate surface area is 158 Å². The SMILES string of the molecule is COc1cc(OC)cc(C(C#N)=C(OC(C)=O)c2ccc(C)cc2OC)c1. The standard InChI is InChI=1S/C21H21NO5/c1-13-6-7-18(20(8-13)26-5)21(27-14(2)23)19(12-22)15-9-16(24-3)11-17(10-15)25-4/h6-11H,1-5H3.